The van der Waals surface area contributed by atoms with E-state index in [1.54, 1.807) is 0 Å². The van der Waals surface area contributed by atoms with Crippen LogP contribution >= 0.6 is 34.8 Å². The van der Waals surface area contributed by atoms with Crippen LogP contribution in [-0.2, 0) is 0 Å². The number of alkyl halides is 3. The largest absolute Gasteiger partial charge is 0.402 e. The van der Waals surface area contributed by atoms with E-state index in [4.69, 9.17) is 34.8 Å². The molecule has 0 amide bonds. The molecule has 0 fully saturated rings. The lowest BCUT2D eigenvalue weighted by atomic mass is 9.16. The Morgan fingerprint density at radius 1 is 0.471 bits per heavy atom. The zero-order valence-corrected chi connectivity index (χ0v) is 39.3. The first-order valence-electron chi connectivity index (χ1n) is 22.6. The number of pyridine rings is 2. The summed E-state index contributed by atoms with van der Waals surface area (Å²) in [4.78, 5) is 3.49. The van der Waals surface area contributed by atoms with Gasteiger partial charge >= 0.3 is 6.28 Å². The summed E-state index contributed by atoms with van der Waals surface area (Å²) >= 11 is 15.2. The standard InChI is InChI=1S/C29H22BN.C29H21BN.C2H3Cl3.CH4/c1-4-12-23(13-5-1)28-22-27-21-20-24-14-10-11-19-29(24)31(27)30(28,25-15-6-2-7-16-25)26-17-8-3-9-18-26;1-4-13-25(14-5-1)30(26-15-6-2-7-16-26,27-17-8-3-9-18-27)23-22-28-21-20-24-12-10-11-19-29(24)31-28;1-2(3,4)5;/h1-22H;1-21H;1H3;1H4/q;-1;;/p+1. The van der Waals surface area contributed by atoms with E-state index in [0.717, 1.165) is 11.2 Å². The number of aromatic nitrogens is 2. The van der Waals surface area contributed by atoms with Gasteiger partial charge in [0.15, 0.2) is 9.31 Å². The Bertz CT molecular complexity index is 3200. The summed E-state index contributed by atoms with van der Waals surface area (Å²) in [6.45, 7) is 1.48. The molecular formula is C61H51B2Cl3N2. The van der Waals surface area contributed by atoms with Gasteiger partial charge in [-0.1, -0.05) is 254 Å². The lowest BCUT2D eigenvalue weighted by molar-refractivity contribution is -0.509. The molecule has 0 saturated carbocycles. The average molecular weight is 940 g/mol. The Labute approximate surface area is 416 Å². The molecule has 8 aromatic carbocycles. The quantitative estimate of drug-likeness (QED) is 0.0898. The van der Waals surface area contributed by atoms with Gasteiger partial charge in [0.2, 0.25) is 5.52 Å². The molecule has 0 atom stereocenters. The van der Waals surface area contributed by atoms with Crippen molar-refractivity contribution in [2.45, 2.75) is 18.1 Å². The van der Waals surface area contributed by atoms with Crippen molar-refractivity contribution < 1.29 is 9.46 Å². The fourth-order valence-corrected chi connectivity index (χ4v) is 9.91. The van der Waals surface area contributed by atoms with E-state index < -0.39 is 16.2 Å². The number of fused-ring (bicyclic) bond motifs is 4. The summed E-state index contributed by atoms with van der Waals surface area (Å²) < 4.78 is 1.50. The second-order valence-corrected chi connectivity index (χ2v) is 19.8. The minimum atomic E-state index is -1.47. The Morgan fingerprint density at radius 3 is 1.40 bits per heavy atom. The van der Waals surface area contributed by atoms with Crippen molar-refractivity contribution in [3.05, 3.63) is 272 Å². The van der Waals surface area contributed by atoms with Gasteiger partial charge in [-0.2, -0.15) is 21.4 Å². The maximum absolute atomic E-state index is 5.06. The first kappa shape index (κ1) is 47.4. The number of aromatic amines is 1. The van der Waals surface area contributed by atoms with Crippen LogP contribution in [-0.4, -0.2) is 16.2 Å². The van der Waals surface area contributed by atoms with Crippen LogP contribution in [0.4, 0.5) is 0 Å². The molecule has 7 heteroatoms. The molecule has 10 aromatic rings. The number of benzene rings is 8. The second-order valence-electron chi connectivity index (χ2n) is 16.9. The lowest BCUT2D eigenvalue weighted by Crippen LogP contribution is -2.78. The summed E-state index contributed by atoms with van der Waals surface area (Å²) in [7, 11) is 0. The normalized spacial score (nSPS) is 12.4. The fourth-order valence-electron chi connectivity index (χ4n) is 9.91. The number of nitrogens with one attached hydrogen (secondary N) is 1. The minimum Gasteiger partial charge on any atom is -0.402 e. The van der Waals surface area contributed by atoms with Gasteiger partial charge in [0.1, 0.15) is 11.8 Å². The van der Waals surface area contributed by atoms with Crippen molar-refractivity contribution >= 4 is 108 Å². The molecular weight excluding hydrogens is 889 g/mol. The molecule has 0 unspecified atom stereocenters. The van der Waals surface area contributed by atoms with Gasteiger partial charge in [-0.15, -0.1) is 16.4 Å². The number of hydrogen-bond acceptors (Lipinski definition) is 0. The Morgan fingerprint density at radius 2 is 0.882 bits per heavy atom. The number of rotatable bonds is 6. The van der Waals surface area contributed by atoms with Gasteiger partial charge in [0.25, 0.3) is 5.69 Å². The molecule has 2 nitrogen and oxygen atoms in total. The highest BCUT2D eigenvalue weighted by atomic mass is 35.6. The van der Waals surface area contributed by atoms with Gasteiger partial charge in [0.05, 0.1) is 0 Å². The van der Waals surface area contributed by atoms with E-state index in [0.29, 0.717) is 0 Å². The van der Waals surface area contributed by atoms with Gasteiger partial charge in [-0.25, -0.2) is 0 Å². The third-order valence-electron chi connectivity index (χ3n) is 12.7. The van der Waals surface area contributed by atoms with Crippen molar-refractivity contribution in [1.82, 2.24) is 0 Å². The monoisotopic (exact) mass is 938 g/mol. The zero-order chi connectivity index (χ0) is 46.1. The van der Waals surface area contributed by atoms with Crippen LogP contribution in [0.25, 0.3) is 33.4 Å². The molecule has 1 aliphatic rings. The van der Waals surface area contributed by atoms with Crippen molar-refractivity contribution in [3.63, 3.8) is 0 Å². The average Bonchev–Trinajstić information content (AvgIpc) is 3.75. The summed E-state index contributed by atoms with van der Waals surface area (Å²) in [6.07, 6.45) is -0.483. The third-order valence-corrected chi connectivity index (χ3v) is 12.7. The van der Waals surface area contributed by atoms with Crippen LogP contribution in [0.5, 0.6) is 0 Å². The second kappa shape index (κ2) is 21.2. The highest BCUT2D eigenvalue weighted by Gasteiger charge is 2.49. The van der Waals surface area contributed by atoms with E-state index in [-0.39, 0.29) is 7.43 Å². The number of hydrogen-bond donors (Lipinski definition) is 0. The Kier molecular flexibility index (Phi) is 14.8. The molecule has 2 aromatic heterocycles. The van der Waals surface area contributed by atoms with E-state index in [1.165, 1.54) is 67.3 Å². The predicted molar refractivity (Wildman–Crippen MR) is 296 cm³/mol. The molecule has 0 bridgehead atoms. The fraction of sp³-hybridized carbons (Fsp3) is 0.0492. The van der Waals surface area contributed by atoms with Crippen molar-refractivity contribution in [2.75, 3.05) is 0 Å². The molecule has 68 heavy (non-hydrogen) atoms. The predicted octanol–water partition coefficient (Wildman–Crippen LogP) is 11.6. The smallest absolute Gasteiger partial charge is 0.361 e. The van der Waals surface area contributed by atoms with Crippen molar-refractivity contribution in [3.8, 4) is 11.7 Å². The summed E-state index contributed by atoms with van der Waals surface area (Å²) in [6, 6.07) is 90.5. The molecule has 332 valence electrons. The molecule has 0 radical (unpaired) electrons. The van der Waals surface area contributed by atoms with Gasteiger partial charge < -0.3 is 4.48 Å². The Hall–Kier alpha value is -7.12. The van der Waals surface area contributed by atoms with Gasteiger partial charge in [-0.05, 0) is 43.2 Å². The van der Waals surface area contributed by atoms with E-state index in [2.05, 4.69) is 276 Å². The first-order valence-corrected chi connectivity index (χ1v) is 23.7. The summed E-state index contributed by atoms with van der Waals surface area (Å²) in [5.41, 5.74) is 13.4. The van der Waals surface area contributed by atoms with Gasteiger partial charge in [0, 0.05) is 35.0 Å². The van der Waals surface area contributed by atoms with Crippen molar-refractivity contribution in [1.29, 1.82) is 0 Å². The van der Waals surface area contributed by atoms with Crippen LogP contribution < -0.4 is 36.8 Å². The topological polar surface area (TPSA) is 18.0 Å². The first-order chi connectivity index (χ1) is 32.7. The molecule has 1 N–H and O–H groups in total. The van der Waals surface area contributed by atoms with Crippen LogP contribution in [0.3, 0.4) is 0 Å². The number of nitrogens with zero attached hydrogens (tertiary/aromatic N) is 1. The SMILES string of the molecule is C.C(#C[B-](c1ccccc1)(c1ccccc1)c1ccccc1)c1ccc2ccccc2[nH+]1.C1=C(c2ccccc2)[B-](c2ccccc2)(c2ccccc2)[n+]2c1ccc1ccccc12.CC(Cl)(Cl)Cl. The van der Waals surface area contributed by atoms with E-state index in [9.17, 15) is 0 Å². The third kappa shape index (κ3) is 9.94. The molecule has 0 saturated heterocycles. The maximum atomic E-state index is 5.06. The molecule has 3 heterocycles. The zero-order valence-electron chi connectivity index (χ0n) is 37.1. The Balaban J connectivity index is 0.000000165. The van der Waals surface area contributed by atoms with E-state index >= 15 is 0 Å². The molecule has 0 aliphatic carbocycles. The van der Waals surface area contributed by atoms with Crippen LogP contribution in [0.1, 0.15) is 31.3 Å². The molecule has 0 spiro atoms. The minimum absolute atomic E-state index is 0. The number of H-pyrrole nitrogens is 1. The highest BCUT2D eigenvalue weighted by Crippen LogP contribution is 2.33. The lowest BCUT2D eigenvalue weighted by Gasteiger charge is -2.38. The summed E-state index contributed by atoms with van der Waals surface area (Å²) in [5.74, 6) is 7.24. The van der Waals surface area contributed by atoms with Crippen LogP contribution in [0.15, 0.2) is 255 Å². The number of para-hydroxylation sites is 2. The molecule has 11 rings (SSSR count). The molecule has 1 aliphatic heterocycles. The summed E-state index contributed by atoms with van der Waals surface area (Å²) in [5, 5.41) is 2.44. The van der Waals surface area contributed by atoms with E-state index in [1.807, 2.05) is 6.07 Å². The van der Waals surface area contributed by atoms with Gasteiger partial charge in [-0.3, -0.25) is 5.82 Å². The number of halogens is 3. The van der Waals surface area contributed by atoms with Crippen molar-refractivity contribution in [2.24, 2.45) is 0 Å². The van der Waals surface area contributed by atoms with Crippen LogP contribution in [0, 0.1) is 11.7 Å². The van der Waals surface area contributed by atoms with Crippen LogP contribution in [0.2, 0.25) is 0 Å². The highest BCUT2D eigenvalue weighted by molar-refractivity contribution is 7.17. The maximum Gasteiger partial charge on any atom is 0.361 e.